The minimum Gasteiger partial charge on any atom is -0.392 e. The Morgan fingerprint density at radius 2 is 2.36 bits per heavy atom. The number of thioether (sulfide) groups is 1. The molecular weight excluding hydrogens is 198 g/mol. The number of aliphatic hydroxyl groups is 1. The van der Waals surface area contributed by atoms with E-state index in [0.717, 1.165) is 16.1 Å². The molecule has 0 aliphatic carbocycles. The van der Waals surface area contributed by atoms with Crippen LogP contribution in [0, 0.1) is 0 Å². The lowest BCUT2D eigenvalue weighted by Crippen LogP contribution is -2.26. The van der Waals surface area contributed by atoms with Crippen molar-refractivity contribution in [1.29, 1.82) is 0 Å². The maximum absolute atomic E-state index is 11.4. The molecule has 1 amide bonds. The van der Waals surface area contributed by atoms with Gasteiger partial charge in [0.05, 0.1) is 17.5 Å². The highest BCUT2D eigenvalue weighted by Gasteiger charge is 2.22. The molecule has 4 heteroatoms. The van der Waals surface area contributed by atoms with E-state index < -0.39 is 0 Å². The second kappa shape index (κ2) is 3.63. The van der Waals surface area contributed by atoms with Crippen molar-refractivity contribution < 1.29 is 9.90 Å². The molecule has 0 bridgehead atoms. The van der Waals surface area contributed by atoms with Gasteiger partial charge in [-0.05, 0) is 24.6 Å². The molecule has 3 nitrogen and oxygen atoms in total. The largest absolute Gasteiger partial charge is 0.392 e. The zero-order valence-electron chi connectivity index (χ0n) is 7.78. The SMILES string of the molecule is CC1Sc2ccc(CO)cc2NC1=O. The minimum absolute atomic E-state index is 0.00334. The van der Waals surface area contributed by atoms with Gasteiger partial charge < -0.3 is 10.4 Å². The Kier molecular flexibility index (Phi) is 2.48. The highest BCUT2D eigenvalue weighted by atomic mass is 32.2. The van der Waals surface area contributed by atoms with Gasteiger partial charge in [0.15, 0.2) is 0 Å². The van der Waals surface area contributed by atoms with Crippen LogP contribution >= 0.6 is 11.8 Å². The zero-order valence-corrected chi connectivity index (χ0v) is 8.60. The summed E-state index contributed by atoms with van der Waals surface area (Å²) in [7, 11) is 0. The normalized spacial score (nSPS) is 20.1. The molecule has 14 heavy (non-hydrogen) atoms. The maximum atomic E-state index is 11.4. The number of amides is 1. The fourth-order valence-corrected chi connectivity index (χ4v) is 2.28. The van der Waals surface area contributed by atoms with Gasteiger partial charge in [0.25, 0.3) is 0 Å². The highest BCUT2D eigenvalue weighted by Crippen LogP contribution is 2.35. The fourth-order valence-electron chi connectivity index (χ4n) is 1.35. The summed E-state index contributed by atoms with van der Waals surface area (Å²) in [4.78, 5) is 12.4. The topological polar surface area (TPSA) is 49.3 Å². The molecule has 0 saturated heterocycles. The lowest BCUT2D eigenvalue weighted by molar-refractivity contribution is -0.115. The Hall–Kier alpha value is -1.00. The summed E-state index contributed by atoms with van der Waals surface area (Å²) < 4.78 is 0. The van der Waals surface area contributed by atoms with E-state index in [9.17, 15) is 4.79 Å². The Morgan fingerprint density at radius 1 is 1.57 bits per heavy atom. The third-order valence-corrected chi connectivity index (χ3v) is 3.33. The molecule has 1 unspecified atom stereocenters. The predicted molar refractivity (Wildman–Crippen MR) is 56.3 cm³/mol. The summed E-state index contributed by atoms with van der Waals surface area (Å²) in [6.07, 6.45) is 0. The van der Waals surface area contributed by atoms with E-state index in [-0.39, 0.29) is 17.8 Å². The summed E-state index contributed by atoms with van der Waals surface area (Å²) in [6.45, 7) is 1.88. The first-order valence-electron chi connectivity index (χ1n) is 4.42. The van der Waals surface area contributed by atoms with Crippen LogP contribution in [-0.2, 0) is 11.4 Å². The van der Waals surface area contributed by atoms with E-state index in [1.807, 2.05) is 25.1 Å². The Labute approximate surface area is 86.5 Å². The Bertz CT molecular complexity index is 378. The molecule has 0 spiro atoms. The third kappa shape index (κ3) is 1.63. The number of fused-ring (bicyclic) bond motifs is 1. The van der Waals surface area contributed by atoms with E-state index in [1.165, 1.54) is 0 Å². The van der Waals surface area contributed by atoms with Gasteiger partial charge >= 0.3 is 0 Å². The second-order valence-corrected chi connectivity index (χ2v) is 4.62. The van der Waals surface area contributed by atoms with Crippen molar-refractivity contribution in [1.82, 2.24) is 0 Å². The maximum Gasteiger partial charge on any atom is 0.237 e. The van der Waals surface area contributed by atoms with Gasteiger partial charge in [-0.25, -0.2) is 0 Å². The molecule has 1 heterocycles. The van der Waals surface area contributed by atoms with Crippen LogP contribution in [0.5, 0.6) is 0 Å². The van der Waals surface area contributed by atoms with Gasteiger partial charge in [-0.1, -0.05) is 6.07 Å². The van der Waals surface area contributed by atoms with Gasteiger partial charge in [0.1, 0.15) is 0 Å². The Balaban J connectivity index is 2.37. The zero-order chi connectivity index (χ0) is 10.1. The first-order valence-corrected chi connectivity index (χ1v) is 5.30. The molecule has 1 aromatic rings. The number of aliphatic hydroxyl groups excluding tert-OH is 1. The van der Waals surface area contributed by atoms with Crippen LogP contribution in [0.4, 0.5) is 5.69 Å². The lowest BCUT2D eigenvalue weighted by Gasteiger charge is -2.21. The van der Waals surface area contributed by atoms with Crippen LogP contribution in [0.3, 0.4) is 0 Å². The molecule has 2 N–H and O–H groups in total. The Morgan fingerprint density at radius 3 is 3.07 bits per heavy atom. The minimum atomic E-state index is -0.0394. The highest BCUT2D eigenvalue weighted by molar-refractivity contribution is 8.00. The van der Waals surface area contributed by atoms with Crippen LogP contribution in [0.1, 0.15) is 12.5 Å². The molecule has 1 aliphatic rings. The summed E-state index contributed by atoms with van der Waals surface area (Å²) in [6, 6.07) is 5.61. The molecule has 0 fully saturated rings. The number of hydrogen-bond acceptors (Lipinski definition) is 3. The number of carbonyl (C=O) groups excluding carboxylic acids is 1. The number of hydrogen-bond donors (Lipinski definition) is 2. The predicted octanol–water partition coefficient (Wildman–Crippen LogP) is 1.61. The van der Waals surface area contributed by atoms with Crippen molar-refractivity contribution in [3.8, 4) is 0 Å². The van der Waals surface area contributed by atoms with Gasteiger partial charge in [0.2, 0.25) is 5.91 Å². The number of benzene rings is 1. The van der Waals surface area contributed by atoms with Crippen molar-refractivity contribution >= 4 is 23.4 Å². The van der Waals surface area contributed by atoms with Crippen molar-refractivity contribution in [2.75, 3.05) is 5.32 Å². The van der Waals surface area contributed by atoms with Crippen LogP contribution in [0.2, 0.25) is 0 Å². The second-order valence-electron chi connectivity index (χ2n) is 3.24. The molecule has 1 aliphatic heterocycles. The van der Waals surface area contributed by atoms with Crippen molar-refractivity contribution in [2.24, 2.45) is 0 Å². The fraction of sp³-hybridized carbons (Fsp3) is 0.300. The molecule has 2 rings (SSSR count). The van der Waals surface area contributed by atoms with Gasteiger partial charge in [-0.2, -0.15) is 0 Å². The molecule has 1 atom stereocenters. The molecule has 0 aromatic heterocycles. The van der Waals surface area contributed by atoms with E-state index in [4.69, 9.17) is 5.11 Å². The quantitative estimate of drug-likeness (QED) is 0.738. The molecule has 1 aromatic carbocycles. The summed E-state index contributed by atoms with van der Waals surface area (Å²) in [5.74, 6) is 0.0255. The standard InChI is InChI=1S/C10H11NO2S/c1-6-10(13)11-8-4-7(5-12)2-3-9(8)14-6/h2-4,6,12H,5H2,1H3,(H,11,13). The number of anilines is 1. The van der Waals surface area contributed by atoms with Crippen LogP contribution in [-0.4, -0.2) is 16.3 Å². The van der Waals surface area contributed by atoms with E-state index in [0.29, 0.717) is 0 Å². The summed E-state index contributed by atoms with van der Waals surface area (Å²) >= 11 is 1.55. The average molecular weight is 209 g/mol. The third-order valence-electron chi connectivity index (χ3n) is 2.16. The van der Waals surface area contributed by atoms with Gasteiger partial charge in [0, 0.05) is 4.90 Å². The van der Waals surface area contributed by atoms with Crippen LogP contribution in [0.15, 0.2) is 23.1 Å². The van der Waals surface area contributed by atoms with E-state index in [1.54, 1.807) is 11.8 Å². The monoisotopic (exact) mass is 209 g/mol. The van der Waals surface area contributed by atoms with E-state index >= 15 is 0 Å². The number of carbonyl (C=O) groups is 1. The number of nitrogens with one attached hydrogen (secondary N) is 1. The smallest absolute Gasteiger partial charge is 0.237 e. The number of rotatable bonds is 1. The summed E-state index contributed by atoms with van der Waals surface area (Å²) in [5, 5.41) is 11.7. The lowest BCUT2D eigenvalue weighted by atomic mass is 10.2. The van der Waals surface area contributed by atoms with Crippen molar-refractivity contribution in [3.05, 3.63) is 23.8 Å². The van der Waals surface area contributed by atoms with Crippen LogP contribution < -0.4 is 5.32 Å². The molecule has 0 saturated carbocycles. The molecule has 74 valence electrons. The van der Waals surface area contributed by atoms with E-state index in [2.05, 4.69) is 5.32 Å². The van der Waals surface area contributed by atoms with Gasteiger partial charge in [-0.3, -0.25) is 4.79 Å². The first kappa shape index (κ1) is 9.55. The average Bonchev–Trinajstić information content (AvgIpc) is 2.19. The first-order chi connectivity index (χ1) is 6.70. The molecule has 0 radical (unpaired) electrons. The summed E-state index contributed by atoms with van der Waals surface area (Å²) in [5.41, 5.74) is 1.63. The van der Waals surface area contributed by atoms with Crippen molar-refractivity contribution in [3.63, 3.8) is 0 Å². The van der Waals surface area contributed by atoms with Gasteiger partial charge in [-0.15, -0.1) is 11.8 Å². The molecular formula is C10H11NO2S. The van der Waals surface area contributed by atoms with Crippen LogP contribution in [0.25, 0.3) is 0 Å². The van der Waals surface area contributed by atoms with Crippen molar-refractivity contribution in [2.45, 2.75) is 23.7 Å².